The average Bonchev–Trinajstić information content (AvgIpc) is 2.91. The molecule has 0 fully saturated rings. The van der Waals surface area contributed by atoms with E-state index in [0.717, 1.165) is 60.4 Å². The Kier molecular flexibility index (Phi) is 8.91. The smallest absolute Gasteiger partial charge is 0.234 e. The number of carbonyl (C=O) groups is 1. The molecule has 0 radical (unpaired) electrons. The highest BCUT2D eigenvalue weighted by atomic mass is 16.5. The van der Waals surface area contributed by atoms with Crippen LogP contribution in [0, 0.1) is 0 Å². The molecule has 0 saturated carbocycles. The minimum absolute atomic E-state index is 0.163. The summed E-state index contributed by atoms with van der Waals surface area (Å²) in [5.74, 6) is 1.33. The predicted octanol–water partition coefficient (Wildman–Crippen LogP) is 7.71. The molecule has 4 nitrogen and oxygen atoms in total. The van der Waals surface area contributed by atoms with Crippen LogP contribution < -0.4 is 14.5 Å². The highest BCUT2D eigenvalue weighted by Crippen LogP contribution is 2.37. The second-order valence-electron chi connectivity index (χ2n) is 10.7. The van der Waals surface area contributed by atoms with Crippen molar-refractivity contribution in [2.24, 2.45) is 0 Å². The van der Waals surface area contributed by atoms with Crippen LogP contribution >= 0.6 is 0 Å². The number of hydrogen-bond donors (Lipinski definition) is 0. The fourth-order valence-electron chi connectivity index (χ4n) is 5.06. The number of fused-ring (bicyclic) bond motifs is 1. The van der Waals surface area contributed by atoms with Crippen molar-refractivity contribution in [1.82, 2.24) is 0 Å². The summed E-state index contributed by atoms with van der Waals surface area (Å²) in [4.78, 5) is 18.4. The van der Waals surface area contributed by atoms with Gasteiger partial charge < -0.3 is 14.5 Å². The Balaban J connectivity index is 1.66. The van der Waals surface area contributed by atoms with E-state index in [1.54, 1.807) is 0 Å². The first kappa shape index (κ1) is 26.8. The van der Waals surface area contributed by atoms with E-state index in [2.05, 4.69) is 92.4 Å². The van der Waals surface area contributed by atoms with Crippen molar-refractivity contribution in [3.05, 3.63) is 89.0 Å². The number of nitrogens with zero attached hydrogens (tertiary/aromatic N) is 2. The molecule has 1 unspecified atom stereocenters. The van der Waals surface area contributed by atoms with Gasteiger partial charge in [0.05, 0.1) is 19.1 Å². The molecule has 37 heavy (non-hydrogen) atoms. The summed E-state index contributed by atoms with van der Waals surface area (Å²) >= 11 is 0. The first-order chi connectivity index (χ1) is 17.9. The summed E-state index contributed by atoms with van der Waals surface area (Å²) in [6.45, 7) is 7.82. The van der Waals surface area contributed by atoms with Gasteiger partial charge in [-0.25, -0.2) is 0 Å². The maximum atomic E-state index is 14.3. The van der Waals surface area contributed by atoms with Crippen molar-refractivity contribution >= 4 is 17.3 Å². The van der Waals surface area contributed by atoms with E-state index >= 15 is 0 Å². The first-order valence-electron chi connectivity index (χ1n) is 13.8. The molecular weight excluding hydrogens is 456 g/mol. The van der Waals surface area contributed by atoms with Crippen LogP contribution in [0.1, 0.15) is 80.5 Å². The molecule has 0 N–H and O–H groups in total. The third-order valence-corrected chi connectivity index (χ3v) is 7.43. The van der Waals surface area contributed by atoms with Gasteiger partial charge in [-0.3, -0.25) is 4.79 Å². The van der Waals surface area contributed by atoms with Crippen molar-refractivity contribution in [2.45, 2.75) is 71.3 Å². The Hall–Kier alpha value is -3.27. The van der Waals surface area contributed by atoms with E-state index in [4.69, 9.17) is 4.74 Å². The Bertz CT molecular complexity index is 1170. The van der Waals surface area contributed by atoms with Crippen LogP contribution in [0.3, 0.4) is 0 Å². The van der Waals surface area contributed by atoms with E-state index < -0.39 is 0 Å². The van der Waals surface area contributed by atoms with Gasteiger partial charge >= 0.3 is 0 Å². The van der Waals surface area contributed by atoms with Crippen molar-refractivity contribution < 1.29 is 9.53 Å². The van der Waals surface area contributed by atoms with Crippen LogP contribution in [-0.4, -0.2) is 26.6 Å². The van der Waals surface area contributed by atoms with Crippen LogP contribution in [0.2, 0.25) is 0 Å². The van der Waals surface area contributed by atoms with Crippen molar-refractivity contribution in [2.75, 3.05) is 30.5 Å². The molecule has 4 rings (SSSR count). The number of aryl methyl sites for hydroxylation is 1. The van der Waals surface area contributed by atoms with Gasteiger partial charge in [-0.15, -0.1) is 0 Å². The van der Waals surface area contributed by atoms with Crippen LogP contribution in [0.4, 0.5) is 11.4 Å². The lowest BCUT2D eigenvalue weighted by molar-refractivity contribution is -0.120. The molecular formula is C33H42N2O2. The standard InChI is InChI=1S/C33H42N2O2/c1-6-7-21-37-30-20-15-27-9-8-10-31(32(27)22-30)33(36)35(29-18-13-26(14-19-29)24(2)3)23-25-11-16-28(17-12-25)34(4)5/h11-20,22,24,31H,6-10,21,23H2,1-5H3. The second-order valence-corrected chi connectivity index (χ2v) is 10.7. The van der Waals surface area contributed by atoms with Crippen LogP contribution in [0.5, 0.6) is 5.75 Å². The van der Waals surface area contributed by atoms with E-state index in [0.29, 0.717) is 19.1 Å². The van der Waals surface area contributed by atoms with Gasteiger partial charge in [0.1, 0.15) is 5.75 Å². The number of carbonyl (C=O) groups excluding carboxylic acids is 1. The van der Waals surface area contributed by atoms with E-state index in [-0.39, 0.29) is 11.8 Å². The fourth-order valence-corrected chi connectivity index (χ4v) is 5.06. The lowest BCUT2D eigenvalue weighted by atomic mass is 9.81. The van der Waals surface area contributed by atoms with Gasteiger partial charge in [-0.2, -0.15) is 0 Å². The summed E-state index contributed by atoms with van der Waals surface area (Å²) in [5, 5.41) is 0. The zero-order chi connectivity index (χ0) is 26.4. The Labute approximate surface area is 223 Å². The van der Waals surface area contributed by atoms with Gasteiger partial charge in [0, 0.05) is 25.5 Å². The maximum Gasteiger partial charge on any atom is 0.234 e. The molecule has 3 aromatic rings. The number of unbranched alkanes of at least 4 members (excludes halogenated alkanes) is 1. The molecule has 196 valence electrons. The number of ether oxygens (including phenoxy) is 1. The molecule has 1 atom stereocenters. The van der Waals surface area contributed by atoms with Crippen molar-refractivity contribution in [3.63, 3.8) is 0 Å². The number of rotatable bonds is 10. The summed E-state index contributed by atoms with van der Waals surface area (Å²) in [6, 6.07) is 23.4. The lowest BCUT2D eigenvalue weighted by Crippen LogP contribution is -2.36. The van der Waals surface area contributed by atoms with Crippen molar-refractivity contribution in [3.8, 4) is 5.75 Å². The van der Waals surface area contributed by atoms with Gasteiger partial charge in [-0.05, 0) is 90.3 Å². The second kappa shape index (κ2) is 12.3. The summed E-state index contributed by atoms with van der Waals surface area (Å²) < 4.78 is 6.02. The van der Waals surface area contributed by atoms with Crippen molar-refractivity contribution in [1.29, 1.82) is 0 Å². The molecule has 0 heterocycles. The largest absolute Gasteiger partial charge is 0.494 e. The van der Waals surface area contributed by atoms with Crippen LogP contribution in [-0.2, 0) is 17.8 Å². The molecule has 1 aliphatic rings. The van der Waals surface area contributed by atoms with E-state index in [9.17, 15) is 4.79 Å². The molecule has 0 bridgehead atoms. The molecule has 0 saturated heterocycles. The quantitative estimate of drug-likeness (QED) is 0.268. The molecule has 0 aliphatic heterocycles. The maximum absolute atomic E-state index is 14.3. The third-order valence-electron chi connectivity index (χ3n) is 7.43. The molecule has 4 heteroatoms. The van der Waals surface area contributed by atoms with Gasteiger partial charge in [-0.1, -0.05) is 57.5 Å². The van der Waals surface area contributed by atoms with Gasteiger partial charge in [0.25, 0.3) is 0 Å². The number of anilines is 2. The minimum Gasteiger partial charge on any atom is -0.494 e. The van der Waals surface area contributed by atoms with Crippen LogP contribution in [0.15, 0.2) is 66.7 Å². The summed E-state index contributed by atoms with van der Waals surface area (Å²) in [7, 11) is 4.09. The fraction of sp³-hybridized carbons (Fsp3) is 0.424. The average molecular weight is 499 g/mol. The molecule has 3 aromatic carbocycles. The first-order valence-corrected chi connectivity index (χ1v) is 13.8. The zero-order valence-corrected chi connectivity index (χ0v) is 23.2. The predicted molar refractivity (Wildman–Crippen MR) is 155 cm³/mol. The molecule has 0 aromatic heterocycles. The Morgan fingerprint density at radius 3 is 2.32 bits per heavy atom. The topological polar surface area (TPSA) is 32.8 Å². The highest BCUT2D eigenvalue weighted by Gasteiger charge is 2.31. The van der Waals surface area contributed by atoms with E-state index in [1.807, 2.05) is 19.0 Å². The number of benzene rings is 3. The monoisotopic (exact) mass is 498 g/mol. The highest BCUT2D eigenvalue weighted by molar-refractivity contribution is 5.98. The minimum atomic E-state index is -0.163. The zero-order valence-electron chi connectivity index (χ0n) is 23.2. The van der Waals surface area contributed by atoms with Crippen LogP contribution in [0.25, 0.3) is 0 Å². The molecule has 1 aliphatic carbocycles. The van der Waals surface area contributed by atoms with Gasteiger partial charge in [0.15, 0.2) is 0 Å². The number of amides is 1. The lowest BCUT2D eigenvalue weighted by Gasteiger charge is -2.32. The normalized spacial score (nSPS) is 14.8. The SMILES string of the molecule is CCCCOc1ccc2c(c1)C(C(=O)N(Cc1ccc(N(C)C)cc1)c1ccc(C(C)C)cc1)CCC2. The van der Waals surface area contributed by atoms with Gasteiger partial charge in [0.2, 0.25) is 5.91 Å². The molecule has 0 spiro atoms. The van der Waals surface area contributed by atoms with E-state index in [1.165, 1.54) is 11.1 Å². The summed E-state index contributed by atoms with van der Waals surface area (Å²) in [5.41, 5.74) is 6.92. The number of hydrogen-bond acceptors (Lipinski definition) is 3. The third kappa shape index (κ3) is 6.54. The Morgan fingerprint density at radius 1 is 0.973 bits per heavy atom. The summed E-state index contributed by atoms with van der Waals surface area (Å²) in [6.07, 6.45) is 5.04. The molecule has 1 amide bonds. The Morgan fingerprint density at radius 2 is 1.68 bits per heavy atom.